The number of morpholine rings is 1. The fourth-order valence-electron chi connectivity index (χ4n) is 3.47. The largest absolute Gasteiger partial charge is 0.495 e. The topological polar surface area (TPSA) is 103 Å². The first-order chi connectivity index (χ1) is 15.0. The number of hydrogen-bond donors (Lipinski definition) is 1. The third kappa shape index (κ3) is 4.76. The van der Waals surface area contributed by atoms with E-state index in [1.807, 2.05) is 0 Å². The Labute approximate surface area is 180 Å². The molecule has 0 atom stereocenters. The van der Waals surface area contributed by atoms with Crippen molar-refractivity contribution in [1.29, 1.82) is 0 Å². The summed E-state index contributed by atoms with van der Waals surface area (Å²) in [5.41, 5.74) is 1.13. The summed E-state index contributed by atoms with van der Waals surface area (Å²) >= 11 is 0. The first-order valence-electron chi connectivity index (χ1n) is 9.92. The number of rotatable bonds is 6. The van der Waals surface area contributed by atoms with Crippen molar-refractivity contribution in [2.24, 2.45) is 0 Å². The molecule has 0 saturated carbocycles. The van der Waals surface area contributed by atoms with Crippen LogP contribution in [0.25, 0.3) is 0 Å². The Hall–Kier alpha value is -2.82. The first-order valence-corrected chi connectivity index (χ1v) is 11.4. The van der Waals surface area contributed by atoms with Crippen LogP contribution in [-0.4, -0.2) is 65.3 Å². The quantitative estimate of drug-likeness (QED) is 0.717. The minimum Gasteiger partial charge on any atom is -0.495 e. The summed E-state index contributed by atoms with van der Waals surface area (Å²) in [5, 5.41) is 2.81. The molecule has 0 aliphatic carbocycles. The maximum absolute atomic E-state index is 13.1. The predicted molar refractivity (Wildman–Crippen MR) is 112 cm³/mol. The van der Waals surface area contributed by atoms with Crippen LogP contribution >= 0.6 is 0 Å². The molecule has 1 saturated heterocycles. The van der Waals surface area contributed by atoms with Crippen LogP contribution in [0.2, 0.25) is 0 Å². The summed E-state index contributed by atoms with van der Waals surface area (Å²) in [5.74, 6) is 1.17. The van der Waals surface area contributed by atoms with Crippen LogP contribution in [-0.2, 0) is 26.0 Å². The normalized spacial score (nSPS) is 16.5. The van der Waals surface area contributed by atoms with E-state index in [0.29, 0.717) is 49.2 Å². The first kappa shape index (κ1) is 21.4. The molecule has 166 valence electrons. The number of nitrogens with zero attached hydrogens (tertiary/aromatic N) is 1. The molecule has 1 fully saturated rings. The van der Waals surface area contributed by atoms with Crippen molar-refractivity contribution < 1.29 is 32.2 Å². The van der Waals surface area contributed by atoms with E-state index in [-0.39, 0.29) is 36.1 Å². The molecule has 2 aromatic carbocycles. The summed E-state index contributed by atoms with van der Waals surface area (Å²) in [6.07, 6.45) is 0.00404. The summed E-state index contributed by atoms with van der Waals surface area (Å²) in [4.78, 5) is 12.6. The van der Waals surface area contributed by atoms with Crippen molar-refractivity contribution in [3.05, 3.63) is 42.0 Å². The maximum atomic E-state index is 13.1. The van der Waals surface area contributed by atoms with Gasteiger partial charge in [0.1, 0.15) is 23.9 Å². The number of nitrogens with one attached hydrogen (secondary N) is 1. The second-order valence-corrected chi connectivity index (χ2v) is 8.99. The van der Waals surface area contributed by atoms with Crippen LogP contribution in [0.1, 0.15) is 5.56 Å². The number of carbonyl (C=O) groups excluding carboxylic acids is 1. The van der Waals surface area contributed by atoms with Gasteiger partial charge >= 0.3 is 0 Å². The standard InChI is InChI=1S/C21H24N2O7S/c1-27-18-4-2-15(12-20(18)31(25,26)23-6-8-28-9-7-23)13-21(24)22-16-3-5-17-19(14-16)30-11-10-29-17/h2-5,12,14H,6-11,13H2,1H3,(H,22,24). The van der Waals surface area contributed by atoms with Crippen LogP contribution in [0.15, 0.2) is 41.3 Å². The molecule has 2 heterocycles. The van der Waals surface area contributed by atoms with Gasteiger partial charge in [0.15, 0.2) is 11.5 Å². The van der Waals surface area contributed by atoms with E-state index in [1.54, 1.807) is 30.3 Å². The van der Waals surface area contributed by atoms with E-state index in [0.717, 1.165) is 0 Å². The van der Waals surface area contributed by atoms with Gasteiger partial charge in [-0.1, -0.05) is 6.07 Å². The van der Waals surface area contributed by atoms with Gasteiger partial charge in [-0.25, -0.2) is 8.42 Å². The van der Waals surface area contributed by atoms with E-state index in [4.69, 9.17) is 18.9 Å². The Morgan fingerprint density at radius 1 is 1.03 bits per heavy atom. The highest BCUT2D eigenvalue weighted by Crippen LogP contribution is 2.33. The molecule has 2 aromatic rings. The number of anilines is 1. The fourth-order valence-corrected chi connectivity index (χ4v) is 5.08. The molecule has 4 rings (SSSR count). The zero-order valence-corrected chi connectivity index (χ0v) is 17.9. The molecule has 1 amide bonds. The molecule has 0 aromatic heterocycles. The number of benzene rings is 2. The molecule has 0 bridgehead atoms. The SMILES string of the molecule is COc1ccc(CC(=O)Nc2ccc3c(c2)OCCO3)cc1S(=O)(=O)N1CCOCC1. The lowest BCUT2D eigenvalue weighted by Gasteiger charge is -2.26. The van der Waals surface area contributed by atoms with Gasteiger partial charge in [-0.2, -0.15) is 4.31 Å². The van der Waals surface area contributed by atoms with Crippen molar-refractivity contribution in [2.75, 3.05) is 51.9 Å². The summed E-state index contributed by atoms with van der Waals surface area (Å²) in [6.45, 7) is 2.20. The van der Waals surface area contributed by atoms with Gasteiger partial charge in [0.05, 0.1) is 26.7 Å². The minimum atomic E-state index is -3.77. The maximum Gasteiger partial charge on any atom is 0.246 e. The van der Waals surface area contributed by atoms with Crippen molar-refractivity contribution in [3.8, 4) is 17.2 Å². The highest BCUT2D eigenvalue weighted by atomic mass is 32.2. The lowest BCUT2D eigenvalue weighted by molar-refractivity contribution is -0.115. The average Bonchev–Trinajstić information content (AvgIpc) is 2.79. The number of sulfonamides is 1. The molecule has 0 spiro atoms. The lowest BCUT2D eigenvalue weighted by atomic mass is 10.1. The van der Waals surface area contributed by atoms with E-state index >= 15 is 0 Å². The van der Waals surface area contributed by atoms with E-state index in [1.165, 1.54) is 17.5 Å². The van der Waals surface area contributed by atoms with Gasteiger partial charge in [-0.05, 0) is 29.8 Å². The highest BCUT2D eigenvalue weighted by Gasteiger charge is 2.29. The van der Waals surface area contributed by atoms with Crippen molar-refractivity contribution in [1.82, 2.24) is 4.31 Å². The Kier molecular flexibility index (Phi) is 6.30. The Morgan fingerprint density at radius 3 is 2.52 bits per heavy atom. The molecular formula is C21H24N2O7S. The third-order valence-corrected chi connectivity index (χ3v) is 6.93. The molecule has 0 radical (unpaired) electrons. The number of hydrogen-bond acceptors (Lipinski definition) is 7. The monoisotopic (exact) mass is 448 g/mol. The third-order valence-electron chi connectivity index (χ3n) is 5.01. The van der Waals surface area contributed by atoms with Gasteiger partial charge < -0.3 is 24.3 Å². The second-order valence-electron chi connectivity index (χ2n) is 7.09. The van der Waals surface area contributed by atoms with Gasteiger partial charge in [0.2, 0.25) is 15.9 Å². The zero-order chi connectivity index (χ0) is 21.8. The number of fused-ring (bicyclic) bond motifs is 1. The van der Waals surface area contributed by atoms with E-state index in [9.17, 15) is 13.2 Å². The molecule has 9 nitrogen and oxygen atoms in total. The zero-order valence-electron chi connectivity index (χ0n) is 17.1. The molecule has 10 heteroatoms. The van der Waals surface area contributed by atoms with Gasteiger partial charge in [0, 0.05) is 24.8 Å². The van der Waals surface area contributed by atoms with Crippen molar-refractivity contribution >= 4 is 21.6 Å². The Bertz CT molecular complexity index is 1070. The number of amides is 1. The summed E-state index contributed by atoms with van der Waals surface area (Å²) in [7, 11) is -2.35. The van der Waals surface area contributed by atoms with Gasteiger partial charge in [-0.15, -0.1) is 0 Å². The summed E-state index contributed by atoms with van der Waals surface area (Å²) in [6, 6.07) is 9.92. The molecule has 1 N–H and O–H groups in total. The van der Waals surface area contributed by atoms with Crippen LogP contribution < -0.4 is 19.5 Å². The number of ether oxygens (including phenoxy) is 4. The molecule has 31 heavy (non-hydrogen) atoms. The van der Waals surface area contributed by atoms with Crippen LogP contribution in [0.4, 0.5) is 5.69 Å². The van der Waals surface area contributed by atoms with Crippen molar-refractivity contribution in [2.45, 2.75) is 11.3 Å². The molecule has 2 aliphatic rings. The van der Waals surface area contributed by atoms with Crippen LogP contribution in [0.3, 0.4) is 0 Å². The summed E-state index contributed by atoms with van der Waals surface area (Å²) < 4.78 is 49.1. The van der Waals surface area contributed by atoms with E-state index < -0.39 is 10.0 Å². The van der Waals surface area contributed by atoms with Gasteiger partial charge in [0.25, 0.3) is 0 Å². The van der Waals surface area contributed by atoms with E-state index in [2.05, 4.69) is 5.32 Å². The molecule has 2 aliphatic heterocycles. The Balaban J connectivity index is 1.51. The number of carbonyl (C=O) groups is 1. The second kappa shape index (κ2) is 9.13. The smallest absolute Gasteiger partial charge is 0.246 e. The molecule has 0 unspecified atom stereocenters. The number of methoxy groups -OCH3 is 1. The predicted octanol–water partition coefficient (Wildman–Crippen LogP) is 1.67. The highest BCUT2D eigenvalue weighted by molar-refractivity contribution is 7.89. The minimum absolute atomic E-state index is 0.00404. The molecular weight excluding hydrogens is 424 g/mol. The van der Waals surface area contributed by atoms with Crippen molar-refractivity contribution in [3.63, 3.8) is 0 Å². The fraction of sp³-hybridized carbons (Fsp3) is 0.381. The average molecular weight is 448 g/mol. The Morgan fingerprint density at radius 2 is 1.77 bits per heavy atom. The van der Waals surface area contributed by atoms with Crippen LogP contribution in [0.5, 0.6) is 17.2 Å². The van der Waals surface area contributed by atoms with Gasteiger partial charge in [-0.3, -0.25) is 4.79 Å². The lowest BCUT2D eigenvalue weighted by Crippen LogP contribution is -2.40. The van der Waals surface area contributed by atoms with Crippen LogP contribution in [0, 0.1) is 0 Å².